The molecule has 0 N–H and O–H groups in total. The summed E-state index contributed by atoms with van der Waals surface area (Å²) in [5.41, 5.74) is 3.75. The fourth-order valence-electron chi connectivity index (χ4n) is 3.87. The minimum Gasteiger partial charge on any atom is -0.493 e. The van der Waals surface area contributed by atoms with E-state index in [0.717, 1.165) is 24.5 Å². The van der Waals surface area contributed by atoms with Crippen LogP contribution in [0.1, 0.15) is 22.7 Å². The van der Waals surface area contributed by atoms with E-state index in [4.69, 9.17) is 21.7 Å². The van der Waals surface area contributed by atoms with Crippen LogP contribution < -0.4 is 9.47 Å². The molecule has 1 unspecified atom stereocenters. The second-order valence-electron chi connectivity index (χ2n) is 6.95. The fourth-order valence-corrected chi connectivity index (χ4v) is 4.02. The van der Waals surface area contributed by atoms with Crippen LogP contribution in [0, 0.1) is 4.77 Å². The van der Waals surface area contributed by atoms with Crippen molar-refractivity contribution in [3.05, 3.63) is 70.3 Å². The summed E-state index contributed by atoms with van der Waals surface area (Å²) in [6.07, 6.45) is 2.69. The van der Waals surface area contributed by atoms with E-state index in [-0.39, 0.29) is 6.04 Å². The largest absolute Gasteiger partial charge is 0.493 e. The van der Waals surface area contributed by atoms with Crippen LogP contribution >= 0.6 is 12.2 Å². The average Bonchev–Trinajstić information content (AvgIpc) is 3.05. The lowest BCUT2D eigenvalue weighted by atomic mass is 9.88. The molecule has 2 heterocycles. The van der Waals surface area contributed by atoms with Crippen molar-refractivity contribution in [2.45, 2.75) is 19.1 Å². The van der Waals surface area contributed by atoms with Gasteiger partial charge in [-0.25, -0.2) is 4.68 Å². The molecule has 0 aliphatic carbocycles. The lowest BCUT2D eigenvalue weighted by molar-refractivity contribution is 0.154. The Kier molecular flexibility index (Phi) is 5.19. The van der Waals surface area contributed by atoms with E-state index in [0.29, 0.717) is 11.4 Å². The predicted octanol–water partition coefficient (Wildman–Crippen LogP) is 3.57. The summed E-state index contributed by atoms with van der Waals surface area (Å²) >= 11 is 5.50. The van der Waals surface area contributed by atoms with E-state index in [2.05, 4.69) is 46.4 Å². The maximum absolute atomic E-state index is 5.58. The van der Waals surface area contributed by atoms with Gasteiger partial charge in [-0.05, 0) is 47.5 Å². The van der Waals surface area contributed by atoms with Crippen LogP contribution in [-0.4, -0.2) is 40.0 Å². The highest BCUT2D eigenvalue weighted by atomic mass is 32.1. The van der Waals surface area contributed by atoms with Gasteiger partial charge in [0.25, 0.3) is 0 Å². The first-order chi connectivity index (χ1) is 13.6. The topological polar surface area (TPSA) is 44.5 Å². The molecule has 1 aliphatic rings. The molecule has 6 nitrogen and oxygen atoms in total. The Labute approximate surface area is 169 Å². The highest BCUT2D eigenvalue weighted by molar-refractivity contribution is 7.71. The van der Waals surface area contributed by atoms with Gasteiger partial charge in [0.05, 0.1) is 26.9 Å². The normalized spacial score (nSPS) is 16.6. The van der Waals surface area contributed by atoms with Crippen molar-refractivity contribution < 1.29 is 9.47 Å². The van der Waals surface area contributed by atoms with Gasteiger partial charge < -0.3 is 14.0 Å². The van der Waals surface area contributed by atoms with Gasteiger partial charge in [0.1, 0.15) is 6.33 Å². The summed E-state index contributed by atoms with van der Waals surface area (Å²) in [5.74, 6) is 1.52. The van der Waals surface area contributed by atoms with E-state index in [9.17, 15) is 0 Å². The molecule has 0 bridgehead atoms. The molecular weight excluding hydrogens is 372 g/mol. The first-order valence-electron chi connectivity index (χ1n) is 9.24. The van der Waals surface area contributed by atoms with E-state index >= 15 is 0 Å². The smallest absolute Gasteiger partial charge is 0.198 e. The molecule has 0 radical (unpaired) electrons. The molecule has 4 rings (SSSR count). The minimum atomic E-state index is 0.0914. The summed E-state index contributed by atoms with van der Waals surface area (Å²) in [7, 11) is 5.27. The molecule has 1 aliphatic heterocycles. The van der Waals surface area contributed by atoms with Crippen LogP contribution in [0.4, 0.5) is 0 Å². The molecule has 0 fully saturated rings. The number of aromatic nitrogens is 3. The van der Waals surface area contributed by atoms with Gasteiger partial charge in [-0.2, -0.15) is 5.10 Å². The highest BCUT2D eigenvalue weighted by Gasteiger charge is 2.30. The number of aryl methyl sites for hydroxylation is 1. The Bertz CT molecular complexity index is 1030. The zero-order valence-electron chi connectivity index (χ0n) is 16.3. The third-order valence-corrected chi connectivity index (χ3v) is 5.79. The maximum Gasteiger partial charge on any atom is 0.198 e. The summed E-state index contributed by atoms with van der Waals surface area (Å²) in [4.78, 5) is 2.41. The van der Waals surface area contributed by atoms with Crippen LogP contribution in [0.3, 0.4) is 0 Å². The number of nitrogens with zero attached hydrogens (tertiary/aromatic N) is 4. The Morgan fingerprint density at radius 1 is 1.11 bits per heavy atom. The van der Waals surface area contributed by atoms with Crippen molar-refractivity contribution in [3.8, 4) is 11.5 Å². The quantitative estimate of drug-likeness (QED) is 0.617. The molecule has 1 aromatic heterocycles. The standard InChI is InChI=1S/C21H24N4O2S/c1-23-13-22-25(21(23)28)14-24-10-9-16-11-18(26-2)19(27-3)12-17(16)20(24)15-7-5-4-6-8-15/h4-8,11-13,20H,9-10,14H2,1-3H3. The minimum absolute atomic E-state index is 0.0914. The van der Waals surface area contributed by atoms with Gasteiger partial charge in [-0.3, -0.25) is 4.90 Å². The molecule has 28 heavy (non-hydrogen) atoms. The Hall–Kier alpha value is -2.64. The molecule has 3 aromatic rings. The lowest BCUT2D eigenvalue weighted by Crippen LogP contribution is -2.37. The molecule has 7 heteroatoms. The third-order valence-electron chi connectivity index (χ3n) is 5.29. The summed E-state index contributed by atoms with van der Waals surface area (Å²) in [5, 5.41) is 4.44. The Balaban J connectivity index is 1.80. The molecule has 1 atom stereocenters. The zero-order valence-corrected chi connectivity index (χ0v) is 17.1. The van der Waals surface area contributed by atoms with Crippen LogP contribution in [0.15, 0.2) is 48.8 Å². The molecule has 0 saturated heterocycles. The third kappa shape index (κ3) is 3.31. The number of rotatable bonds is 5. The number of hydrogen-bond donors (Lipinski definition) is 0. The van der Waals surface area contributed by atoms with Crippen molar-refractivity contribution in [2.24, 2.45) is 7.05 Å². The van der Waals surface area contributed by atoms with Gasteiger partial charge >= 0.3 is 0 Å². The van der Waals surface area contributed by atoms with Crippen LogP contribution in [0.5, 0.6) is 11.5 Å². The van der Waals surface area contributed by atoms with Crippen molar-refractivity contribution in [3.63, 3.8) is 0 Å². The Morgan fingerprint density at radius 2 is 1.82 bits per heavy atom. The molecule has 146 valence electrons. The van der Waals surface area contributed by atoms with Gasteiger partial charge in [0.15, 0.2) is 16.3 Å². The molecule has 0 saturated carbocycles. The molecule has 0 spiro atoms. The first-order valence-corrected chi connectivity index (χ1v) is 9.65. The van der Waals surface area contributed by atoms with Crippen LogP contribution in [-0.2, 0) is 20.1 Å². The van der Waals surface area contributed by atoms with E-state index in [1.54, 1.807) is 20.5 Å². The van der Waals surface area contributed by atoms with Crippen molar-refractivity contribution in [1.29, 1.82) is 0 Å². The predicted molar refractivity (Wildman–Crippen MR) is 110 cm³/mol. The average molecular weight is 397 g/mol. The van der Waals surface area contributed by atoms with E-state index in [1.807, 2.05) is 22.4 Å². The van der Waals surface area contributed by atoms with Gasteiger partial charge in [-0.15, -0.1) is 0 Å². The second-order valence-corrected chi connectivity index (χ2v) is 7.31. The number of benzene rings is 2. The molecule has 0 amide bonds. The monoisotopic (exact) mass is 396 g/mol. The molecular formula is C21H24N4O2S. The van der Waals surface area contributed by atoms with Gasteiger partial charge in [0.2, 0.25) is 0 Å². The lowest BCUT2D eigenvalue weighted by Gasteiger charge is -2.37. The first kappa shape index (κ1) is 18.7. The van der Waals surface area contributed by atoms with Crippen LogP contribution in [0.2, 0.25) is 0 Å². The number of ether oxygens (including phenoxy) is 2. The number of fused-ring (bicyclic) bond motifs is 1. The summed E-state index contributed by atoms with van der Waals surface area (Å²) in [6, 6.07) is 14.8. The highest BCUT2D eigenvalue weighted by Crippen LogP contribution is 2.41. The SMILES string of the molecule is COc1cc2c(cc1OC)C(c1ccccc1)N(Cn1ncn(C)c1=S)CC2. The zero-order chi connectivity index (χ0) is 19.7. The van der Waals surface area contributed by atoms with E-state index < -0.39 is 0 Å². The molecule has 2 aromatic carbocycles. The van der Waals surface area contributed by atoms with Gasteiger partial charge in [-0.1, -0.05) is 30.3 Å². The van der Waals surface area contributed by atoms with Crippen molar-refractivity contribution in [1.82, 2.24) is 19.2 Å². The second kappa shape index (κ2) is 7.77. The van der Waals surface area contributed by atoms with E-state index in [1.165, 1.54) is 16.7 Å². The Morgan fingerprint density at radius 3 is 2.46 bits per heavy atom. The van der Waals surface area contributed by atoms with Crippen molar-refractivity contribution in [2.75, 3.05) is 20.8 Å². The fraction of sp³-hybridized carbons (Fsp3) is 0.333. The summed E-state index contributed by atoms with van der Waals surface area (Å²) in [6.45, 7) is 1.54. The number of methoxy groups -OCH3 is 2. The van der Waals surface area contributed by atoms with Crippen molar-refractivity contribution >= 4 is 12.2 Å². The van der Waals surface area contributed by atoms with Gasteiger partial charge in [0, 0.05) is 13.6 Å². The summed E-state index contributed by atoms with van der Waals surface area (Å²) < 4.78 is 15.5. The van der Waals surface area contributed by atoms with Crippen LogP contribution in [0.25, 0.3) is 0 Å². The number of hydrogen-bond acceptors (Lipinski definition) is 5. The maximum atomic E-state index is 5.58.